The molecule has 0 radical (unpaired) electrons. The van der Waals surface area contributed by atoms with E-state index in [1.807, 2.05) is 36.4 Å². The van der Waals surface area contributed by atoms with Gasteiger partial charge in [-0.1, -0.05) is 48.5 Å². The van der Waals surface area contributed by atoms with Crippen molar-refractivity contribution in [1.82, 2.24) is 15.1 Å². The average molecular weight is 452 g/mol. The molecule has 1 aliphatic heterocycles. The first kappa shape index (κ1) is 22.8. The number of nitrogens with one attached hydrogen (secondary N) is 1. The fraction of sp³-hybridized carbons (Fsp3) is 0.400. The van der Waals surface area contributed by atoms with E-state index in [2.05, 4.69) is 17.4 Å². The van der Waals surface area contributed by atoms with Crippen LogP contribution in [0, 0.1) is 0 Å². The quantitative estimate of drug-likeness (QED) is 0.671. The van der Waals surface area contributed by atoms with Gasteiger partial charge >= 0.3 is 12.1 Å². The molecular formula is C25H29N3O5. The van der Waals surface area contributed by atoms with Crippen molar-refractivity contribution < 1.29 is 24.2 Å². The zero-order valence-corrected chi connectivity index (χ0v) is 18.9. The summed E-state index contributed by atoms with van der Waals surface area (Å²) in [7, 11) is 3.58. The standard InChI is InChI=1S/C25H29N3O5/c1-27(2)14-21(23(29)28-13-7-12-22(28)24(30)31)26-25(32)33-15-20-18-10-5-3-8-16(18)17-9-4-6-11-19(17)20/h3-6,8-11,20-22H,7,12-15H2,1-2H3,(H,26,32)(H,30,31). The molecule has 0 aromatic heterocycles. The molecule has 2 unspecified atom stereocenters. The molecule has 1 aliphatic carbocycles. The van der Waals surface area contributed by atoms with Crippen LogP contribution in [0.5, 0.6) is 0 Å². The van der Waals surface area contributed by atoms with Gasteiger partial charge in [0.2, 0.25) is 5.91 Å². The van der Waals surface area contributed by atoms with Crippen LogP contribution in [0.1, 0.15) is 29.9 Å². The van der Waals surface area contributed by atoms with Gasteiger partial charge in [-0.15, -0.1) is 0 Å². The van der Waals surface area contributed by atoms with Gasteiger partial charge in [0, 0.05) is 19.0 Å². The lowest BCUT2D eigenvalue weighted by molar-refractivity contribution is -0.149. The van der Waals surface area contributed by atoms with Gasteiger partial charge in [0.15, 0.2) is 0 Å². The molecule has 2 aromatic carbocycles. The maximum Gasteiger partial charge on any atom is 0.407 e. The van der Waals surface area contributed by atoms with Gasteiger partial charge in [-0.05, 0) is 49.2 Å². The normalized spacial score (nSPS) is 18.0. The van der Waals surface area contributed by atoms with Crippen LogP contribution in [0.25, 0.3) is 11.1 Å². The molecule has 2 aliphatic rings. The van der Waals surface area contributed by atoms with Crippen molar-refractivity contribution in [2.45, 2.75) is 30.8 Å². The number of likely N-dealkylation sites (tertiary alicyclic amines) is 1. The number of fused-ring (bicyclic) bond motifs is 3. The van der Waals surface area contributed by atoms with Gasteiger partial charge in [0.1, 0.15) is 18.7 Å². The molecule has 0 spiro atoms. The van der Waals surface area contributed by atoms with Gasteiger partial charge in [-0.3, -0.25) is 4.79 Å². The zero-order chi connectivity index (χ0) is 23.5. The second kappa shape index (κ2) is 9.62. The number of amides is 2. The Hall–Kier alpha value is -3.39. The van der Waals surface area contributed by atoms with Crippen molar-refractivity contribution in [2.24, 2.45) is 0 Å². The fourth-order valence-corrected chi connectivity index (χ4v) is 4.82. The number of benzene rings is 2. The summed E-state index contributed by atoms with van der Waals surface area (Å²) in [4.78, 5) is 40.4. The van der Waals surface area contributed by atoms with Crippen molar-refractivity contribution in [3.8, 4) is 11.1 Å². The number of likely N-dealkylation sites (N-methyl/N-ethyl adjacent to an activating group) is 1. The largest absolute Gasteiger partial charge is 0.480 e. The molecule has 1 saturated heterocycles. The smallest absolute Gasteiger partial charge is 0.407 e. The Bertz CT molecular complexity index is 1010. The number of rotatable bonds is 7. The SMILES string of the molecule is CN(C)CC(NC(=O)OCC1c2ccccc2-c2ccccc21)C(=O)N1CCCC1C(=O)O. The van der Waals surface area contributed by atoms with E-state index in [1.165, 1.54) is 4.90 Å². The van der Waals surface area contributed by atoms with Crippen LogP contribution in [0.3, 0.4) is 0 Å². The number of ether oxygens (including phenoxy) is 1. The van der Waals surface area contributed by atoms with E-state index in [0.717, 1.165) is 22.3 Å². The van der Waals surface area contributed by atoms with Crippen LogP contribution in [-0.2, 0) is 14.3 Å². The average Bonchev–Trinajstić information content (AvgIpc) is 3.40. The third-order valence-corrected chi connectivity index (χ3v) is 6.30. The van der Waals surface area contributed by atoms with Gasteiger partial charge < -0.3 is 25.0 Å². The van der Waals surface area contributed by atoms with Crippen LogP contribution < -0.4 is 5.32 Å². The van der Waals surface area contributed by atoms with Crippen molar-refractivity contribution in [3.05, 3.63) is 59.7 Å². The second-order valence-corrected chi connectivity index (χ2v) is 8.81. The van der Waals surface area contributed by atoms with Crippen LogP contribution >= 0.6 is 0 Å². The van der Waals surface area contributed by atoms with E-state index in [9.17, 15) is 19.5 Å². The molecular weight excluding hydrogens is 422 g/mol. The van der Waals surface area contributed by atoms with Crippen LogP contribution in [-0.4, -0.2) is 78.8 Å². The van der Waals surface area contributed by atoms with E-state index in [4.69, 9.17) is 4.74 Å². The predicted octanol–water partition coefficient (Wildman–Crippen LogP) is 2.53. The molecule has 2 atom stereocenters. The Balaban J connectivity index is 1.44. The number of alkyl carbamates (subject to hydrolysis) is 1. The number of carboxylic acids is 1. The third kappa shape index (κ3) is 4.71. The summed E-state index contributed by atoms with van der Waals surface area (Å²) in [6, 6.07) is 14.4. The first-order valence-corrected chi connectivity index (χ1v) is 11.2. The molecule has 174 valence electrons. The summed E-state index contributed by atoms with van der Waals surface area (Å²) in [6.07, 6.45) is 0.353. The molecule has 2 amide bonds. The first-order valence-electron chi connectivity index (χ1n) is 11.2. The minimum absolute atomic E-state index is 0.0823. The highest BCUT2D eigenvalue weighted by molar-refractivity contribution is 5.90. The van der Waals surface area contributed by atoms with E-state index >= 15 is 0 Å². The van der Waals surface area contributed by atoms with Gasteiger partial charge in [-0.25, -0.2) is 9.59 Å². The fourth-order valence-electron chi connectivity index (χ4n) is 4.82. The Morgan fingerprint density at radius 3 is 2.27 bits per heavy atom. The monoisotopic (exact) mass is 451 g/mol. The van der Waals surface area contributed by atoms with Crippen molar-refractivity contribution in [3.63, 3.8) is 0 Å². The topological polar surface area (TPSA) is 99.2 Å². The number of carboxylic acid groups (broad SMARTS) is 1. The van der Waals surface area contributed by atoms with Crippen molar-refractivity contribution >= 4 is 18.0 Å². The lowest BCUT2D eigenvalue weighted by Gasteiger charge is -2.28. The number of carbonyl (C=O) groups is 3. The van der Waals surface area contributed by atoms with Gasteiger partial charge in [-0.2, -0.15) is 0 Å². The van der Waals surface area contributed by atoms with Crippen LogP contribution in [0.15, 0.2) is 48.5 Å². The van der Waals surface area contributed by atoms with Crippen molar-refractivity contribution in [1.29, 1.82) is 0 Å². The van der Waals surface area contributed by atoms with E-state index in [0.29, 0.717) is 19.4 Å². The summed E-state index contributed by atoms with van der Waals surface area (Å²) < 4.78 is 5.58. The van der Waals surface area contributed by atoms with E-state index in [1.54, 1.807) is 19.0 Å². The number of hydrogen-bond donors (Lipinski definition) is 2. The molecule has 0 saturated carbocycles. The Kier molecular flexibility index (Phi) is 6.65. The first-order chi connectivity index (χ1) is 15.9. The number of aliphatic carboxylic acids is 1. The molecule has 8 heteroatoms. The van der Waals surface area contributed by atoms with E-state index in [-0.39, 0.29) is 19.1 Å². The Morgan fingerprint density at radius 1 is 1.09 bits per heavy atom. The van der Waals surface area contributed by atoms with Crippen LogP contribution in [0.4, 0.5) is 4.79 Å². The van der Waals surface area contributed by atoms with Crippen molar-refractivity contribution in [2.75, 3.05) is 33.8 Å². The van der Waals surface area contributed by atoms with Gasteiger partial charge in [0.25, 0.3) is 0 Å². The molecule has 2 aromatic rings. The van der Waals surface area contributed by atoms with Crippen LogP contribution in [0.2, 0.25) is 0 Å². The zero-order valence-electron chi connectivity index (χ0n) is 18.9. The summed E-state index contributed by atoms with van der Waals surface area (Å²) in [5.41, 5.74) is 4.48. The predicted molar refractivity (Wildman–Crippen MR) is 123 cm³/mol. The Labute approximate surface area is 193 Å². The molecule has 4 rings (SSSR count). The number of hydrogen-bond acceptors (Lipinski definition) is 5. The lowest BCUT2D eigenvalue weighted by atomic mass is 9.98. The molecule has 2 N–H and O–H groups in total. The van der Waals surface area contributed by atoms with E-state index < -0.39 is 30.1 Å². The summed E-state index contributed by atoms with van der Waals surface area (Å²) in [6.45, 7) is 0.752. The minimum Gasteiger partial charge on any atom is -0.480 e. The highest BCUT2D eigenvalue weighted by Crippen LogP contribution is 2.44. The molecule has 1 fully saturated rings. The third-order valence-electron chi connectivity index (χ3n) is 6.30. The minimum atomic E-state index is -1.02. The maximum atomic E-state index is 13.1. The maximum absolute atomic E-state index is 13.1. The molecule has 33 heavy (non-hydrogen) atoms. The molecule has 1 heterocycles. The summed E-state index contributed by atoms with van der Waals surface area (Å²) in [5.74, 6) is -1.51. The lowest BCUT2D eigenvalue weighted by Crippen LogP contribution is -2.55. The highest BCUT2D eigenvalue weighted by Gasteiger charge is 2.38. The Morgan fingerprint density at radius 2 is 1.70 bits per heavy atom. The number of nitrogens with zero attached hydrogens (tertiary/aromatic N) is 2. The highest BCUT2D eigenvalue weighted by atomic mass is 16.5. The second-order valence-electron chi connectivity index (χ2n) is 8.81. The molecule has 8 nitrogen and oxygen atoms in total. The summed E-state index contributed by atoms with van der Waals surface area (Å²) in [5, 5.41) is 12.1. The number of carbonyl (C=O) groups excluding carboxylic acids is 2. The molecule has 0 bridgehead atoms. The van der Waals surface area contributed by atoms with Gasteiger partial charge in [0.05, 0.1) is 0 Å². The summed E-state index contributed by atoms with van der Waals surface area (Å²) >= 11 is 0.